The molecule has 3 heteroatoms. The second-order valence-corrected chi connectivity index (χ2v) is 7.87. The number of benzene rings is 1. The fourth-order valence-electron chi connectivity index (χ4n) is 4.03. The number of carbonyl (C=O) groups excluding carboxylic acids is 1. The maximum Gasteiger partial charge on any atom is 0.334 e. The molecule has 0 aromatic heterocycles. The quantitative estimate of drug-likeness (QED) is 0.595. The van der Waals surface area contributed by atoms with E-state index in [2.05, 4.69) is 60.1 Å². The molecule has 0 unspecified atom stereocenters. The number of rotatable bonds is 3. The van der Waals surface area contributed by atoms with Crippen LogP contribution in [0.25, 0.3) is 0 Å². The Morgan fingerprint density at radius 3 is 2.48 bits per heavy atom. The summed E-state index contributed by atoms with van der Waals surface area (Å²) >= 11 is 3.99. The zero-order valence-electron chi connectivity index (χ0n) is 12.7. The minimum Gasteiger partial charge on any atom is -0.463 e. The van der Waals surface area contributed by atoms with Crippen LogP contribution in [0.1, 0.15) is 38.7 Å². The lowest BCUT2D eigenvalue weighted by atomic mass is 9.77. The summed E-state index contributed by atoms with van der Waals surface area (Å²) in [5.41, 5.74) is 2.20. The molecule has 2 aliphatic rings. The summed E-state index contributed by atoms with van der Waals surface area (Å²) in [6.07, 6.45) is 3.11. The van der Waals surface area contributed by atoms with Crippen LogP contribution >= 0.6 is 15.9 Å². The van der Waals surface area contributed by atoms with Crippen LogP contribution in [0.2, 0.25) is 0 Å². The predicted molar refractivity (Wildman–Crippen MR) is 87.4 cm³/mol. The molecule has 0 radical (unpaired) electrons. The Balaban J connectivity index is 2.00. The number of hydrogen-bond donors (Lipinski definition) is 0. The van der Waals surface area contributed by atoms with Gasteiger partial charge in [-0.25, -0.2) is 4.79 Å². The fourth-order valence-corrected chi connectivity index (χ4v) is 5.00. The van der Waals surface area contributed by atoms with Gasteiger partial charge in [-0.1, -0.05) is 66.2 Å². The number of alkyl halides is 1. The highest BCUT2D eigenvalue weighted by molar-refractivity contribution is 9.10. The minimum absolute atomic E-state index is 0.00953. The van der Waals surface area contributed by atoms with E-state index in [1.165, 1.54) is 5.56 Å². The van der Waals surface area contributed by atoms with Crippen molar-refractivity contribution >= 4 is 21.9 Å². The average molecular weight is 349 g/mol. The van der Waals surface area contributed by atoms with E-state index in [1.807, 2.05) is 13.0 Å². The number of allylic oxidation sites excluding steroid dienone is 1. The normalized spacial score (nSPS) is 32.9. The van der Waals surface area contributed by atoms with E-state index in [-0.39, 0.29) is 21.6 Å². The molecule has 0 heterocycles. The molecule has 0 N–H and O–H groups in total. The van der Waals surface area contributed by atoms with Crippen LogP contribution in [0, 0.1) is 11.3 Å². The molecule has 1 fully saturated rings. The Hall–Kier alpha value is -1.09. The van der Waals surface area contributed by atoms with Crippen molar-refractivity contribution in [2.75, 3.05) is 6.61 Å². The number of esters is 1. The number of carbonyl (C=O) groups is 1. The van der Waals surface area contributed by atoms with Crippen LogP contribution in [-0.2, 0) is 9.53 Å². The second-order valence-electron chi connectivity index (χ2n) is 6.56. The van der Waals surface area contributed by atoms with Gasteiger partial charge in [-0.2, -0.15) is 0 Å². The van der Waals surface area contributed by atoms with Gasteiger partial charge in [0.05, 0.1) is 10.9 Å². The van der Waals surface area contributed by atoms with Crippen molar-refractivity contribution in [2.45, 2.75) is 37.4 Å². The standard InChI is InChI=1S/C18H21BrO2/c1-4-21-16(20)13-11-18(19)14(10-15(13)17(18,2)3)12-8-6-5-7-9-12/h5-9,11,14-15H,4,10H2,1-3H3/t14-,15+,18-/m1/s1. The van der Waals surface area contributed by atoms with Crippen LogP contribution in [-0.4, -0.2) is 16.9 Å². The summed E-state index contributed by atoms with van der Waals surface area (Å²) in [6, 6.07) is 10.6. The molecule has 0 aliphatic heterocycles. The Labute approximate surface area is 134 Å². The molecule has 2 nitrogen and oxygen atoms in total. The molecule has 1 aromatic carbocycles. The Morgan fingerprint density at radius 1 is 1.29 bits per heavy atom. The molecular formula is C18H21BrO2. The van der Waals surface area contributed by atoms with Gasteiger partial charge in [-0.15, -0.1) is 0 Å². The van der Waals surface area contributed by atoms with Crippen molar-refractivity contribution in [1.29, 1.82) is 0 Å². The minimum atomic E-state index is -0.173. The summed E-state index contributed by atoms with van der Waals surface area (Å²) in [7, 11) is 0. The SMILES string of the molecule is CCOC(=O)C1=C[C@@]2(Br)[C@@H](c3ccccc3)C[C@@H]1C2(C)C. The third kappa shape index (κ3) is 2.01. The van der Waals surface area contributed by atoms with Gasteiger partial charge >= 0.3 is 5.97 Å². The largest absolute Gasteiger partial charge is 0.463 e. The van der Waals surface area contributed by atoms with Crippen LogP contribution < -0.4 is 0 Å². The molecule has 1 saturated carbocycles. The molecule has 0 saturated heterocycles. The highest BCUT2D eigenvalue weighted by Gasteiger charge is 2.64. The summed E-state index contributed by atoms with van der Waals surface area (Å²) in [4.78, 5) is 12.2. The highest BCUT2D eigenvalue weighted by Crippen LogP contribution is 2.68. The van der Waals surface area contributed by atoms with E-state index < -0.39 is 0 Å². The molecule has 0 amide bonds. The van der Waals surface area contributed by atoms with E-state index in [1.54, 1.807) is 0 Å². The predicted octanol–water partition coefficient (Wildman–Crippen LogP) is 4.45. The maximum atomic E-state index is 12.2. The van der Waals surface area contributed by atoms with E-state index in [9.17, 15) is 4.79 Å². The molecule has 0 spiro atoms. The monoisotopic (exact) mass is 348 g/mol. The van der Waals surface area contributed by atoms with Gasteiger partial charge in [0.1, 0.15) is 0 Å². The third-order valence-corrected chi connectivity index (χ3v) is 7.09. The van der Waals surface area contributed by atoms with Gasteiger partial charge < -0.3 is 4.74 Å². The van der Waals surface area contributed by atoms with Gasteiger partial charge in [0, 0.05) is 11.5 Å². The summed E-state index contributed by atoms with van der Waals surface area (Å²) in [6.45, 7) is 6.78. The number of ether oxygens (including phenoxy) is 1. The molecule has 112 valence electrons. The highest BCUT2D eigenvalue weighted by atomic mass is 79.9. The first-order chi connectivity index (χ1) is 9.91. The molecular weight excluding hydrogens is 328 g/mol. The number of fused-ring (bicyclic) bond motifs is 2. The van der Waals surface area contributed by atoms with Crippen LogP contribution in [0.15, 0.2) is 42.0 Å². The Morgan fingerprint density at radius 2 is 1.95 bits per heavy atom. The summed E-state index contributed by atoms with van der Waals surface area (Å²) in [5, 5.41) is 0. The van der Waals surface area contributed by atoms with Crippen molar-refractivity contribution in [3.8, 4) is 0 Å². The zero-order chi connectivity index (χ0) is 15.3. The van der Waals surface area contributed by atoms with Gasteiger partial charge in [0.15, 0.2) is 0 Å². The Bertz CT molecular complexity index is 590. The molecule has 3 atom stereocenters. The van der Waals surface area contributed by atoms with Crippen molar-refractivity contribution in [3.63, 3.8) is 0 Å². The fraction of sp³-hybridized carbons (Fsp3) is 0.500. The molecule has 2 bridgehead atoms. The van der Waals surface area contributed by atoms with E-state index in [4.69, 9.17) is 4.74 Å². The summed E-state index contributed by atoms with van der Waals surface area (Å²) < 4.78 is 5.06. The first-order valence-electron chi connectivity index (χ1n) is 7.55. The van der Waals surface area contributed by atoms with Gasteiger partial charge in [0.2, 0.25) is 0 Å². The smallest absolute Gasteiger partial charge is 0.334 e. The molecule has 2 aliphatic carbocycles. The lowest BCUT2D eigenvalue weighted by Crippen LogP contribution is -2.35. The molecule has 21 heavy (non-hydrogen) atoms. The van der Waals surface area contributed by atoms with E-state index >= 15 is 0 Å². The van der Waals surface area contributed by atoms with Crippen LogP contribution in [0.5, 0.6) is 0 Å². The van der Waals surface area contributed by atoms with E-state index in [0.717, 1.165) is 12.0 Å². The zero-order valence-corrected chi connectivity index (χ0v) is 14.3. The molecule has 1 aromatic rings. The van der Waals surface area contributed by atoms with Gasteiger partial charge in [0.25, 0.3) is 0 Å². The number of halogens is 1. The topological polar surface area (TPSA) is 26.3 Å². The van der Waals surface area contributed by atoms with Crippen molar-refractivity contribution in [3.05, 3.63) is 47.5 Å². The van der Waals surface area contributed by atoms with Crippen molar-refractivity contribution in [1.82, 2.24) is 0 Å². The number of hydrogen-bond acceptors (Lipinski definition) is 2. The first-order valence-corrected chi connectivity index (χ1v) is 8.35. The van der Waals surface area contributed by atoms with Crippen LogP contribution in [0.4, 0.5) is 0 Å². The average Bonchev–Trinajstić information content (AvgIpc) is 2.79. The van der Waals surface area contributed by atoms with Gasteiger partial charge in [-0.3, -0.25) is 0 Å². The lowest BCUT2D eigenvalue weighted by Gasteiger charge is -2.36. The third-order valence-electron chi connectivity index (χ3n) is 5.29. The lowest BCUT2D eigenvalue weighted by molar-refractivity contribution is -0.139. The molecule has 3 rings (SSSR count). The second kappa shape index (κ2) is 4.98. The van der Waals surface area contributed by atoms with Crippen molar-refractivity contribution < 1.29 is 9.53 Å². The Kier molecular flexibility index (Phi) is 3.52. The maximum absolute atomic E-state index is 12.2. The van der Waals surface area contributed by atoms with Crippen LogP contribution in [0.3, 0.4) is 0 Å². The van der Waals surface area contributed by atoms with Gasteiger partial charge in [-0.05, 0) is 30.2 Å². The van der Waals surface area contributed by atoms with Crippen molar-refractivity contribution in [2.24, 2.45) is 11.3 Å². The van der Waals surface area contributed by atoms with E-state index in [0.29, 0.717) is 12.5 Å². The first kappa shape index (κ1) is 14.8. The summed E-state index contributed by atoms with van der Waals surface area (Å²) in [5.74, 6) is 0.501.